The highest BCUT2D eigenvalue weighted by Crippen LogP contribution is 2.11. The van der Waals surface area contributed by atoms with Gasteiger partial charge in [-0.2, -0.15) is 0 Å². The normalized spacial score (nSPS) is 12.5. The van der Waals surface area contributed by atoms with E-state index in [0.717, 1.165) is 18.7 Å². The van der Waals surface area contributed by atoms with Gasteiger partial charge in [0.05, 0.1) is 6.04 Å². The van der Waals surface area contributed by atoms with Gasteiger partial charge in [0, 0.05) is 19.6 Å². The second kappa shape index (κ2) is 9.28. The van der Waals surface area contributed by atoms with Crippen LogP contribution in [-0.2, 0) is 11.3 Å². The maximum Gasteiger partial charge on any atom is 0.408 e. The lowest BCUT2D eigenvalue weighted by Gasteiger charge is -2.29. The van der Waals surface area contributed by atoms with E-state index in [9.17, 15) is 4.79 Å². The Morgan fingerprint density at radius 1 is 1.33 bits per heavy atom. The van der Waals surface area contributed by atoms with Crippen LogP contribution in [0.15, 0.2) is 55.1 Å². The number of nitrogens with one attached hydrogen (secondary N) is 1. The van der Waals surface area contributed by atoms with E-state index < -0.39 is 11.7 Å². The molecule has 1 rings (SSSR count). The van der Waals surface area contributed by atoms with Crippen molar-refractivity contribution in [1.82, 2.24) is 10.2 Å². The van der Waals surface area contributed by atoms with Crippen molar-refractivity contribution in [3.8, 4) is 0 Å². The number of carbonyl (C=O) groups excluding carboxylic acids is 1. The molecule has 0 radical (unpaired) electrons. The fourth-order valence-corrected chi connectivity index (χ4v) is 2.26. The highest BCUT2D eigenvalue weighted by atomic mass is 16.6. The van der Waals surface area contributed by atoms with Gasteiger partial charge in [0.15, 0.2) is 0 Å². The van der Waals surface area contributed by atoms with Crippen molar-refractivity contribution < 1.29 is 9.53 Å². The molecule has 0 heterocycles. The van der Waals surface area contributed by atoms with Crippen LogP contribution in [0.1, 0.15) is 33.3 Å². The lowest BCUT2D eigenvalue weighted by Crippen LogP contribution is -2.46. The summed E-state index contributed by atoms with van der Waals surface area (Å²) in [5, 5.41) is 2.91. The molecule has 0 fully saturated rings. The van der Waals surface area contributed by atoms with Crippen LogP contribution in [-0.4, -0.2) is 35.7 Å². The molecular formula is C20H30N2O2. The predicted molar refractivity (Wildman–Crippen MR) is 99.9 cm³/mol. The van der Waals surface area contributed by atoms with Crippen LogP contribution in [0.3, 0.4) is 0 Å². The molecule has 4 heteroatoms. The summed E-state index contributed by atoms with van der Waals surface area (Å²) in [5.74, 6) is 0. The van der Waals surface area contributed by atoms with Crippen LogP contribution < -0.4 is 5.32 Å². The molecule has 1 amide bonds. The van der Waals surface area contributed by atoms with E-state index in [1.165, 1.54) is 5.56 Å². The first-order valence-electron chi connectivity index (χ1n) is 8.23. The Hall–Kier alpha value is -2.07. The molecule has 1 aromatic rings. The molecular weight excluding hydrogens is 300 g/mol. The Morgan fingerprint density at radius 3 is 2.46 bits per heavy atom. The van der Waals surface area contributed by atoms with E-state index in [-0.39, 0.29) is 6.04 Å². The fraction of sp³-hybridized carbons (Fsp3) is 0.450. The minimum absolute atomic E-state index is 0.177. The smallest absolute Gasteiger partial charge is 0.408 e. The third-order valence-corrected chi connectivity index (χ3v) is 3.36. The van der Waals surface area contributed by atoms with E-state index in [2.05, 4.69) is 35.5 Å². The third-order valence-electron chi connectivity index (χ3n) is 3.36. The number of amides is 1. The molecule has 24 heavy (non-hydrogen) atoms. The zero-order valence-corrected chi connectivity index (χ0v) is 15.3. The summed E-state index contributed by atoms with van der Waals surface area (Å²) in [6.45, 7) is 17.5. The molecule has 1 unspecified atom stereocenters. The van der Waals surface area contributed by atoms with Crippen LogP contribution in [0.2, 0.25) is 0 Å². The average molecular weight is 330 g/mol. The summed E-state index contributed by atoms with van der Waals surface area (Å²) < 4.78 is 5.35. The van der Waals surface area contributed by atoms with E-state index in [1.807, 2.05) is 52.0 Å². The maximum absolute atomic E-state index is 12.1. The molecule has 1 aromatic carbocycles. The molecule has 132 valence electrons. The Bertz CT molecular complexity index is 547. The van der Waals surface area contributed by atoms with Crippen LogP contribution >= 0.6 is 0 Å². The van der Waals surface area contributed by atoms with Gasteiger partial charge in [0.25, 0.3) is 0 Å². The maximum atomic E-state index is 12.1. The highest BCUT2D eigenvalue weighted by molar-refractivity contribution is 5.68. The molecule has 1 atom stereocenters. The molecule has 0 saturated heterocycles. The molecule has 1 N–H and O–H groups in total. The summed E-state index contributed by atoms with van der Waals surface area (Å²) in [5.41, 5.74) is 1.59. The van der Waals surface area contributed by atoms with Crippen LogP contribution in [0, 0.1) is 0 Å². The monoisotopic (exact) mass is 330 g/mol. The minimum Gasteiger partial charge on any atom is -0.444 e. The van der Waals surface area contributed by atoms with Gasteiger partial charge in [-0.05, 0) is 33.3 Å². The fourth-order valence-electron chi connectivity index (χ4n) is 2.26. The van der Waals surface area contributed by atoms with E-state index in [1.54, 1.807) is 0 Å². The largest absolute Gasteiger partial charge is 0.444 e. The van der Waals surface area contributed by atoms with Crippen LogP contribution in [0.5, 0.6) is 0 Å². The highest BCUT2D eigenvalue weighted by Gasteiger charge is 2.21. The Kier molecular flexibility index (Phi) is 7.72. The SMILES string of the molecule is C=CCN(Cc1ccccc1)CC(NC(=O)OC(C)(C)C)C(=C)C. The number of ether oxygens (including phenoxy) is 1. The second-order valence-electron chi connectivity index (χ2n) is 7.01. The standard InChI is InChI=1S/C20H30N2O2/c1-7-13-22(14-17-11-9-8-10-12-17)15-18(16(2)3)21-19(23)24-20(4,5)6/h7-12,18H,1-2,13-15H2,3-6H3,(H,21,23). The molecule has 0 bridgehead atoms. The Morgan fingerprint density at radius 2 is 1.96 bits per heavy atom. The first-order valence-corrected chi connectivity index (χ1v) is 8.23. The van der Waals surface area contributed by atoms with Gasteiger partial charge in [0.1, 0.15) is 5.60 Å². The number of alkyl carbamates (subject to hydrolysis) is 1. The molecule has 4 nitrogen and oxygen atoms in total. The van der Waals surface area contributed by atoms with Gasteiger partial charge in [-0.15, -0.1) is 6.58 Å². The van der Waals surface area contributed by atoms with Gasteiger partial charge in [-0.25, -0.2) is 4.79 Å². The molecule has 0 aliphatic carbocycles. The van der Waals surface area contributed by atoms with Crippen molar-refractivity contribution in [3.05, 3.63) is 60.7 Å². The van der Waals surface area contributed by atoms with Crippen molar-refractivity contribution in [2.75, 3.05) is 13.1 Å². The third kappa shape index (κ3) is 7.97. The lowest BCUT2D eigenvalue weighted by molar-refractivity contribution is 0.0502. The molecule has 0 aromatic heterocycles. The summed E-state index contributed by atoms with van der Waals surface area (Å²) >= 11 is 0. The zero-order chi connectivity index (χ0) is 18.2. The van der Waals surface area contributed by atoms with Crippen molar-refractivity contribution in [3.63, 3.8) is 0 Å². The van der Waals surface area contributed by atoms with Crippen LogP contribution in [0.25, 0.3) is 0 Å². The summed E-state index contributed by atoms with van der Waals surface area (Å²) in [6.07, 6.45) is 1.44. The van der Waals surface area contributed by atoms with Gasteiger partial charge in [0.2, 0.25) is 0 Å². The van der Waals surface area contributed by atoms with E-state index in [0.29, 0.717) is 6.54 Å². The molecule has 0 spiro atoms. The average Bonchev–Trinajstić information content (AvgIpc) is 2.45. The lowest BCUT2D eigenvalue weighted by atomic mass is 10.1. The van der Waals surface area contributed by atoms with Gasteiger partial charge < -0.3 is 10.1 Å². The van der Waals surface area contributed by atoms with Crippen molar-refractivity contribution in [1.29, 1.82) is 0 Å². The quantitative estimate of drug-likeness (QED) is 0.728. The number of hydrogen-bond acceptors (Lipinski definition) is 3. The Balaban J connectivity index is 2.73. The first-order chi connectivity index (χ1) is 11.2. The van der Waals surface area contributed by atoms with E-state index in [4.69, 9.17) is 4.74 Å². The Labute approximate surface area is 146 Å². The summed E-state index contributed by atoms with van der Waals surface area (Å²) in [6, 6.07) is 10.1. The summed E-state index contributed by atoms with van der Waals surface area (Å²) in [7, 11) is 0. The minimum atomic E-state index is -0.519. The molecule has 0 aliphatic rings. The van der Waals surface area contributed by atoms with Gasteiger partial charge in [-0.3, -0.25) is 4.90 Å². The number of benzene rings is 1. The first kappa shape index (κ1) is 20.0. The predicted octanol–water partition coefficient (Wildman–Crippen LogP) is 4.14. The number of carbonyl (C=O) groups is 1. The molecule has 0 aliphatic heterocycles. The summed E-state index contributed by atoms with van der Waals surface area (Å²) in [4.78, 5) is 14.3. The second-order valence-corrected chi connectivity index (χ2v) is 7.01. The number of hydrogen-bond donors (Lipinski definition) is 1. The topological polar surface area (TPSA) is 41.6 Å². The number of nitrogens with zero attached hydrogens (tertiary/aromatic N) is 1. The number of rotatable bonds is 8. The van der Waals surface area contributed by atoms with E-state index >= 15 is 0 Å². The van der Waals surface area contributed by atoms with Crippen LogP contribution in [0.4, 0.5) is 4.79 Å². The van der Waals surface area contributed by atoms with Crippen molar-refractivity contribution in [2.45, 2.75) is 45.9 Å². The van der Waals surface area contributed by atoms with Crippen molar-refractivity contribution in [2.24, 2.45) is 0 Å². The zero-order valence-electron chi connectivity index (χ0n) is 15.3. The van der Waals surface area contributed by atoms with Crippen molar-refractivity contribution >= 4 is 6.09 Å². The van der Waals surface area contributed by atoms with Gasteiger partial charge >= 0.3 is 6.09 Å². The van der Waals surface area contributed by atoms with Gasteiger partial charge in [-0.1, -0.05) is 48.6 Å². The molecule has 0 saturated carbocycles.